The Morgan fingerprint density at radius 1 is 1.29 bits per heavy atom. The first-order chi connectivity index (χ1) is 6.53. The van der Waals surface area contributed by atoms with E-state index in [-0.39, 0.29) is 22.4 Å². The first kappa shape index (κ1) is 9.80. The SMILES string of the molecule is FC1(F)Oc2ccc(Cl)c(CCl)c2O1. The minimum Gasteiger partial charge on any atom is -0.395 e. The quantitative estimate of drug-likeness (QED) is 0.701. The molecule has 0 aromatic heterocycles. The normalized spacial score (nSPS) is 17.1. The van der Waals surface area contributed by atoms with Gasteiger partial charge in [0.25, 0.3) is 0 Å². The van der Waals surface area contributed by atoms with Crippen molar-refractivity contribution in [3.05, 3.63) is 22.7 Å². The third kappa shape index (κ3) is 1.48. The highest BCUT2D eigenvalue weighted by Crippen LogP contribution is 2.46. The average molecular weight is 241 g/mol. The van der Waals surface area contributed by atoms with Crippen molar-refractivity contribution in [2.45, 2.75) is 12.2 Å². The van der Waals surface area contributed by atoms with Gasteiger partial charge in [0.2, 0.25) is 0 Å². The second-order valence-corrected chi connectivity index (χ2v) is 3.33. The van der Waals surface area contributed by atoms with Gasteiger partial charge in [0.1, 0.15) is 0 Å². The summed E-state index contributed by atoms with van der Waals surface area (Å²) in [6.45, 7) is 0. The Morgan fingerprint density at radius 3 is 2.64 bits per heavy atom. The Labute approximate surface area is 88.3 Å². The van der Waals surface area contributed by atoms with Crippen LogP contribution in [0.2, 0.25) is 5.02 Å². The largest absolute Gasteiger partial charge is 0.586 e. The summed E-state index contributed by atoms with van der Waals surface area (Å²) >= 11 is 11.3. The van der Waals surface area contributed by atoms with Gasteiger partial charge in [0.05, 0.1) is 5.88 Å². The topological polar surface area (TPSA) is 18.5 Å². The van der Waals surface area contributed by atoms with E-state index < -0.39 is 6.29 Å². The summed E-state index contributed by atoms with van der Waals surface area (Å²) in [5.41, 5.74) is 0.308. The van der Waals surface area contributed by atoms with Crippen molar-refractivity contribution in [3.63, 3.8) is 0 Å². The highest BCUT2D eigenvalue weighted by molar-refractivity contribution is 6.32. The molecule has 0 atom stereocenters. The molecule has 1 aromatic rings. The second-order valence-electron chi connectivity index (χ2n) is 2.65. The molecule has 0 saturated carbocycles. The van der Waals surface area contributed by atoms with E-state index in [2.05, 4.69) is 9.47 Å². The van der Waals surface area contributed by atoms with Gasteiger partial charge in [0, 0.05) is 10.6 Å². The lowest BCUT2D eigenvalue weighted by Gasteiger charge is -2.06. The van der Waals surface area contributed by atoms with Crippen LogP contribution in [0.25, 0.3) is 0 Å². The van der Waals surface area contributed by atoms with Crippen molar-refractivity contribution in [3.8, 4) is 11.5 Å². The molecule has 0 N–H and O–H groups in total. The molecule has 0 spiro atoms. The van der Waals surface area contributed by atoms with Crippen molar-refractivity contribution in [1.82, 2.24) is 0 Å². The van der Waals surface area contributed by atoms with Gasteiger partial charge in [-0.15, -0.1) is 20.4 Å². The minimum absolute atomic E-state index is 0.0125. The number of benzene rings is 1. The number of ether oxygens (including phenoxy) is 2. The summed E-state index contributed by atoms with van der Waals surface area (Å²) in [5, 5.41) is 0.278. The van der Waals surface area contributed by atoms with Gasteiger partial charge in [-0.3, -0.25) is 0 Å². The zero-order chi connectivity index (χ0) is 10.3. The van der Waals surface area contributed by atoms with Crippen LogP contribution in [0, 0.1) is 0 Å². The van der Waals surface area contributed by atoms with Gasteiger partial charge in [-0.05, 0) is 12.1 Å². The summed E-state index contributed by atoms with van der Waals surface area (Å²) < 4.78 is 33.8. The maximum Gasteiger partial charge on any atom is 0.586 e. The number of rotatable bonds is 1. The van der Waals surface area contributed by atoms with Gasteiger partial charge >= 0.3 is 6.29 Å². The van der Waals surface area contributed by atoms with Gasteiger partial charge in [-0.2, -0.15) is 0 Å². The van der Waals surface area contributed by atoms with Gasteiger partial charge in [-0.25, -0.2) is 0 Å². The molecule has 0 fully saturated rings. The summed E-state index contributed by atoms with van der Waals surface area (Å²) in [5.74, 6) is -0.144. The molecule has 1 aliphatic rings. The monoisotopic (exact) mass is 240 g/mol. The third-order valence-electron chi connectivity index (χ3n) is 1.75. The molecule has 1 aliphatic heterocycles. The molecule has 0 aliphatic carbocycles. The number of fused-ring (bicyclic) bond motifs is 1. The van der Waals surface area contributed by atoms with E-state index in [4.69, 9.17) is 23.2 Å². The van der Waals surface area contributed by atoms with E-state index in [0.29, 0.717) is 5.56 Å². The summed E-state index contributed by atoms with van der Waals surface area (Å²) in [4.78, 5) is 0. The van der Waals surface area contributed by atoms with Crippen molar-refractivity contribution in [1.29, 1.82) is 0 Å². The van der Waals surface area contributed by atoms with Crippen molar-refractivity contribution in [2.75, 3.05) is 0 Å². The van der Waals surface area contributed by atoms with Crippen LogP contribution in [-0.4, -0.2) is 6.29 Å². The standard InChI is InChI=1S/C8H4Cl2F2O2/c9-3-4-5(10)1-2-6-7(4)14-8(11,12)13-6/h1-2H,3H2. The van der Waals surface area contributed by atoms with Crippen LogP contribution in [0.1, 0.15) is 5.56 Å². The average Bonchev–Trinajstić information content (AvgIpc) is 2.39. The fraction of sp³-hybridized carbons (Fsp3) is 0.250. The fourth-order valence-electron chi connectivity index (χ4n) is 1.17. The molecule has 1 aromatic carbocycles. The lowest BCUT2D eigenvalue weighted by atomic mass is 10.2. The fourth-order valence-corrected chi connectivity index (χ4v) is 1.72. The molecule has 2 nitrogen and oxygen atoms in total. The van der Waals surface area contributed by atoms with E-state index in [1.54, 1.807) is 0 Å². The molecule has 6 heteroatoms. The van der Waals surface area contributed by atoms with E-state index in [1.165, 1.54) is 12.1 Å². The van der Waals surface area contributed by atoms with Crippen LogP contribution in [0.15, 0.2) is 12.1 Å². The van der Waals surface area contributed by atoms with Crippen LogP contribution in [0.4, 0.5) is 8.78 Å². The molecule has 0 bridgehead atoms. The number of hydrogen-bond acceptors (Lipinski definition) is 2. The molecular formula is C8H4Cl2F2O2. The van der Waals surface area contributed by atoms with E-state index >= 15 is 0 Å². The van der Waals surface area contributed by atoms with E-state index in [1.807, 2.05) is 0 Å². The van der Waals surface area contributed by atoms with Crippen LogP contribution in [0.3, 0.4) is 0 Å². The van der Waals surface area contributed by atoms with Gasteiger partial charge in [-0.1, -0.05) is 11.6 Å². The molecule has 0 saturated heterocycles. The number of alkyl halides is 3. The van der Waals surface area contributed by atoms with Crippen LogP contribution >= 0.6 is 23.2 Å². The highest BCUT2D eigenvalue weighted by atomic mass is 35.5. The van der Waals surface area contributed by atoms with E-state index in [0.717, 1.165) is 0 Å². The Morgan fingerprint density at radius 2 is 2.00 bits per heavy atom. The van der Waals surface area contributed by atoms with Crippen LogP contribution in [0.5, 0.6) is 11.5 Å². The zero-order valence-corrected chi connectivity index (χ0v) is 8.20. The molecule has 0 unspecified atom stereocenters. The highest BCUT2D eigenvalue weighted by Gasteiger charge is 2.44. The molecule has 2 rings (SSSR count). The third-order valence-corrected chi connectivity index (χ3v) is 2.37. The molecule has 0 amide bonds. The Hall–Kier alpha value is -0.740. The van der Waals surface area contributed by atoms with Crippen molar-refractivity contribution >= 4 is 23.2 Å². The Kier molecular flexibility index (Phi) is 2.20. The first-order valence-electron chi connectivity index (χ1n) is 3.66. The van der Waals surface area contributed by atoms with Crippen molar-refractivity contribution in [2.24, 2.45) is 0 Å². The molecule has 1 heterocycles. The van der Waals surface area contributed by atoms with Gasteiger partial charge < -0.3 is 9.47 Å². The first-order valence-corrected chi connectivity index (χ1v) is 4.58. The second kappa shape index (κ2) is 3.14. The smallest absolute Gasteiger partial charge is 0.395 e. The van der Waals surface area contributed by atoms with Crippen molar-refractivity contribution < 1.29 is 18.3 Å². The predicted octanol–water partition coefficient (Wildman–Crippen LogP) is 3.40. The number of halogens is 4. The molecule has 76 valence electrons. The van der Waals surface area contributed by atoms with Gasteiger partial charge in [0.15, 0.2) is 11.5 Å². The lowest BCUT2D eigenvalue weighted by Crippen LogP contribution is -2.26. The minimum atomic E-state index is -3.63. The Balaban J connectivity index is 2.52. The van der Waals surface area contributed by atoms with E-state index in [9.17, 15) is 8.78 Å². The number of hydrogen-bond donors (Lipinski definition) is 0. The summed E-state index contributed by atoms with van der Waals surface area (Å²) in [7, 11) is 0. The zero-order valence-electron chi connectivity index (χ0n) is 6.69. The lowest BCUT2D eigenvalue weighted by molar-refractivity contribution is -0.286. The molecular weight excluding hydrogens is 237 g/mol. The maximum absolute atomic E-state index is 12.7. The van der Waals surface area contributed by atoms with Crippen LogP contribution in [-0.2, 0) is 5.88 Å². The summed E-state index contributed by atoms with van der Waals surface area (Å²) in [6, 6.07) is 2.75. The predicted molar refractivity (Wildman–Crippen MR) is 47.2 cm³/mol. The summed E-state index contributed by atoms with van der Waals surface area (Å²) in [6.07, 6.45) is -3.63. The molecule has 14 heavy (non-hydrogen) atoms. The maximum atomic E-state index is 12.7. The molecule has 0 radical (unpaired) electrons. The Bertz CT molecular complexity index is 382. The van der Waals surface area contributed by atoms with Crippen LogP contribution < -0.4 is 9.47 Å².